The van der Waals surface area contributed by atoms with Gasteiger partial charge in [0.2, 0.25) is 0 Å². The summed E-state index contributed by atoms with van der Waals surface area (Å²) < 4.78 is 11.0. The zero-order chi connectivity index (χ0) is 17.5. The van der Waals surface area contributed by atoms with Crippen molar-refractivity contribution < 1.29 is 14.6 Å². The van der Waals surface area contributed by atoms with E-state index in [1.54, 1.807) is 14.2 Å². The molecule has 0 radical (unpaired) electrons. The second kappa shape index (κ2) is 6.57. The predicted octanol–water partition coefficient (Wildman–Crippen LogP) is 3.20. The molecule has 2 aliphatic heterocycles. The molecular weight excluding hydrogens is 302 g/mol. The van der Waals surface area contributed by atoms with Crippen LogP contribution >= 0.6 is 0 Å². The van der Waals surface area contributed by atoms with Crippen LogP contribution in [0.25, 0.3) is 0 Å². The maximum absolute atomic E-state index is 10.8. The van der Waals surface area contributed by atoms with Gasteiger partial charge in [-0.25, -0.2) is 0 Å². The van der Waals surface area contributed by atoms with Crippen LogP contribution in [-0.2, 0) is 12.0 Å². The molecule has 1 saturated heterocycles. The second-order valence-electron chi connectivity index (χ2n) is 8.00. The number of aliphatic hydroxyl groups is 1. The van der Waals surface area contributed by atoms with E-state index >= 15 is 0 Å². The minimum atomic E-state index is -0.243. The van der Waals surface area contributed by atoms with E-state index in [1.165, 1.54) is 11.1 Å². The summed E-state index contributed by atoms with van der Waals surface area (Å²) in [5.41, 5.74) is 2.48. The molecule has 0 bridgehead atoms. The van der Waals surface area contributed by atoms with Gasteiger partial charge in [0, 0.05) is 18.6 Å². The number of aliphatic hydroxyl groups excluding tert-OH is 1. The largest absolute Gasteiger partial charge is 0.493 e. The maximum atomic E-state index is 10.8. The van der Waals surface area contributed by atoms with Crippen LogP contribution in [0.4, 0.5) is 0 Å². The highest BCUT2D eigenvalue weighted by Crippen LogP contribution is 2.47. The molecule has 2 heterocycles. The van der Waals surface area contributed by atoms with Gasteiger partial charge in [-0.05, 0) is 61.3 Å². The highest BCUT2D eigenvalue weighted by atomic mass is 16.5. The summed E-state index contributed by atoms with van der Waals surface area (Å²) in [4.78, 5) is 2.57. The number of hydrogen-bond acceptors (Lipinski definition) is 4. The molecule has 1 fully saturated rings. The van der Waals surface area contributed by atoms with Crippen LogP contribution in [0, 0.1) is 11.8 Å². The third kappa shape index (κ3) is 2.91. The molecule has 24 heavy (non-hydrogen) atoms. The molecule has 3 rings (SSSR count). The second-order valence-corrected chi connectivity index (χ2v) is 8.00. The van der Waals surface area contributed by atoms with Gasteiger partial charge in [-0.1, -0.05) is 13.8 Å². The third-order valence-corrected chi connectivity index (χ3v) is 5.92. The minimum Gasteiger partial charge on any atom is -0.493 e. The lowest BCUT2D eigenvalue weighted by atomic mass is 9.71. The zero-order valence-electron chi connectivity index (χ0n) is 15.6. The average molecular weight is 333 g/mol. The molecule has 0 aromatic heterocycles. The molecule has 0 amide bonds. The molecule has 2 aliphatic rings. The molecule has 1 aromatic carbocycles. The Kier molecular flexibility index (Phi) is 4.80. The van der Waals surface area contributed by atoms with Crippen molar-refractivity contribution >= 4 is 0 Å². The van der Waals surface area contributed by atoms with E-state index < -0.39 is 0 Å². The summed E-state index contributed by atoms with van der Waals surface area (Å²) in [6.45, 7) is 8.77. The maximum Gasteiger partial charge on any atom is 0.161 e. The molecule has 4 nitrogen and oxygen atoms in total. The van der Waals surface area contributed by atoms with Crippen LogP contribution in [0.3, 0.4) is 0 Å². The van der Waals surface area contributed by atoms with Crippen LogP contribution in [-0.4, -0.2) is 43.4 Å². The fourth-order valence-electron chi connectivity index (χ4n) is 4.65. The number of rotatable bonds is 4. The first kappa shape index (κ1) is 17.6. The molecule has 4 heteroatoms. The highest BCUT2D eigenvalue weighted by Gasteiger charge is 2.46. The summed E-state index contributed by atoms with van der Waals surface area (Å²) in [5, 5.41) is 10.8. The number of nitrogens with zero attached hydrogens (tertiary/aromatic N) is 1. The monoisotopic (exact) mass is 333 g/mol. The Morgan fingerprint density at radius 1 is 1.25 bits per heavy atom. The summed E-state index contributed by atoms with van der Waals surface area (Å²) in [6, 6.07) is 4.24. The number of benzene rings is 1. The van der Waals surface area contributed by atoms with Gasteiger partial charge in [-0.2, -0.15) is 0 Å². The topological polar surface area (TPSA) is 41.9 Å². The fraction of sp³-hybridized carbons (Fsp3) is 0.700. The Balaban J connectivity index is 1.96. The Labute approximate surface area is 145 Å². The standard InChI is InChI=1S/C20H31NO3/c1-13(2)8-15-12-21-7-6-14-9-18(23-4)19(24-5)10-16(14)20(21,3)11-17(15)22/h9-10,13,15,17,22H,6-8,11-12H2,1-5H3/t15-,17+,20?/m0/s1. The average Bonchev–Trinajstić information content (AvgIpc) is 2.54. The van der Waals surface area contributed by atoms with Gasteiger partial charge in [0.15, 0.2) is 11.5 Å². The van der Waals surface area contributed by atoms with Gasteiger partial charge in [0.1, 0.15) is 0 Å². The van der Waals surface area contributed by atoms with Crippen LogP contribution in [0.15, 0.2) is 12.1 Å². The van der Waals surface area contributed by atoms with Gasteiger partial charge in [0.05, 0.1) is 20.3 Å². The van der Waals surface area contributed by atoms with Crippen molar-refractivity contribution in [1.82, 2.24) is 4.90 Å². The smallest absolute Gasteiger partial charge is 0.161 e. The van der Waals surface area contributed by atoms with Crippen molar-refractivity contribution in [2.24, 2.45) is 11.8 Å². The van der Waals surface area contributed by atoms with E-state index in [-0.39, 0.29) is 11.6 Å². The van der Waals surface area contributed by atoms with E-state index in [0.29, 0.717) is 11.8 Å². The van der Waals surface area contributed by atoms with Gasteiger partial charge >= 0.3 is 0 Å². The molecule has 0 saturated carbocycles. The first-order chi connectivity index (χ1) is 11.4. The SMILES string of the molecule is COc1cc2c(cc1OC)C1(C)C[C@@H](O)[C@@H](CC(C)C)CN1CC2. The van der Waals surface area contributed by atoms with Crippen LogP contribution in [0.1, 0.15) is 44.7 Å². The number of fused-ring (bicyclic) bond motifs is 3. The summed E-state index contributed by atoms with van der Waals surface area (Å²) >= 11 is 0. The van der Waals surface area contributed by atoms with Crippen molar-refractivity contribution in [3.63, 3.8) is 0 Å². The first-order valence-corrected chi connectivity index (χ1v) is 9.07. The van der Waals surface area contributed by atoms with E-state index in [4.69, 9.17) is 9.47 Å². The molecule has 1 aromatic rings. The number of piperidine rings is 1. The van der Waals surface area contributed by atoms with E-state index in [1.807, 2.05) is 0 Å². The van der Waals surface area contributed by atoms with Crippen molar-refractivity contribution in [1.29, 1.82) is 0 Å². The highest BCUT2D eigenvalue weighted by molar-refractivity contribution is 5.51. The normalized spacial score (nSPS) is 30.0. The summed E-state index contributed by atoms with van der Waals surface area (Å²) in [7, 11) is 3.36. The van der Waals surface area contributed by atoms with E-state index in [2.05, 4.69) is 37.8 Å². The lowest BCUT2D eigenvalue weighted by Gasteiger charge is -2.53. The molecule has 0 aliphatic carbocycles. The molecular formula is C20H31NO3. The van der Waals surface area contributed by atoms with Crippen LogP contribution in [0.2, 0.25) is 0 Å². The minimum absolute atomic E-state index is 0.125. The van der Waals surface area contributed by atoms with Crippen molar-refractivity contribution in [2.75, 3.05) is 27.3 Å². The van der Waals surface area contributed by atoms with Crippen LogP contribution in [0.5, 0.6) is 11.5 Å². The zero-order valence-corrected chi connectivity index (χ0v) is 15.6. The number of methoxy groups -OCH3 is 2. The van der Waals surface area contributed by atoms with E-state index in [9.17, 15) is 5.11 Å². The molecule has 134 valence electrons. The van der Waals surface area contributed by atoms with Crippen molar-refractivity contribution in [3.05, 3.63) is 23.3 Å². The van der Waals surface area contributed by atoms with Crippen molar-refractivity contribution in [2.45, 2.75) is 51.7 Å². The number of hydrogen-bond donors (Lipinski definition) is 1. The third-order valence-electron chi connectivity index (χ3n) is 5.92. The van der Waals surface area contributed by atoms with Gasteiger partial charge < -0.3 is 14.6 Å². The lowest BCUT2D eigenvalue weighted by molar-refractivity contribution is -0.0647. The van der Waals surface area contributed by atoms with Gasteiger partial charge in [0.25, 0.3) is 0 Å². The fourth-order valence-corrected chi connectivity index (χ4v) is 4.65. The molecule has 3 atom stereocenters. The summed E-state index contributed by atoms with van der Waals surface area (Å²) in [6.07, 6.45) is 2.66. The number of ether oxygens (including phenoxy) is 2. The molecule has 1 unspecified atom stereocenters. The van der Waals surface area contributed by atoms with E-state index in [0.717, 1.165) is 43.9 Å². The molecule has 0 spiro atoms. The van der Waals surface area contributed by atoms with Crippen molar-refractivity contribution in [3.8, 4) is 11.5 Å². The quantitative estimate of drug-likeness (QED) is 0.919. The van der Waals surface area contributed by atoms with Gasteiger partial charge in [-0.3, -0.25) is 4.90 Å². The predicted molar refractivity (Wildman–Crippen MR) is 95.7 cm³/mol. The Morgan fingerprint density at radius 2 is 1.92 bits per heavy atom. The lowest BCUT2D eigenvalue weighted by Crippen LogP contribution is -2.58. The Morgan fingerprint density at radius 3 is 2.54 bits per heavy atom. The first-order valence-electron chi connectivity index (χ1n) is 9.07. The Bertz CT molecular complexity index is 601. The Hall–Kier alpha value is -1.26. The van der Waals surface area contributed by atoms with Gasteiger partial charge in [-0.15, -0.1) is 0 Å². The molecule has 1 N–H and O–H groups in total. The summed E-state index contributed by atoms with van der Waals surface area (Å²) in [5.74, 6) is 2.57. The van der Waals surface area contributed by atoms with Crippen LogP contribution < -0.4 is 9.47 Å².